The average molecular weight is 334 g/mol. The number of hydrogen-bond acceptors (Lipinski definition) is 5. The standard InChI is InChI=1S/C19H18N4O2/c1-23(2)19(24)25-15-10-6-9-14(11-15)17-12-16(21-18(20)22-17)13-7-4-3-5-8-13/h3-12H,1-2H3,(H2,20,21,22). The molecule has 0 aliphatic carbocycles. The van der Waals surface area contributed by atoms with E-state index in [4.69, 9.17) is 10.5 Å². The first-order chi connectivity index (χ1) is 12.0. The molecule has 0 bridgehead atoms. The summed E-state index contributed by atoms with van der Waals surface area (Å²) < 4.78 is 5.30. The van der Waals surface area contributed by atoms with E-state index >= 15 is 0 Å². The van der Waals surface area contributed by atoms with Crippen molar-refractivity contribution in [2.45, 2.75) is 0 Å². The summed E-state index contributed by atoms with van der Waals surface area (Å²) in [5.41, 5.74) is 9.01. The molecule has 0 aliphatic rings. The van der Waals surface area contributed by atoms with Crippen molar-refractivity contribution in [3.05, 3.63) is 60.7 Å². The lowest BCUT2D eigenvalue weighted by Crippen LogP contribution is -2.25. The highest BCUT2D eigenvalue weighted by atomic mass is 16.6. The molecule has 1 heterocycles. The molecule has 0 fully saturated rings. The van der Waals surface area contributed by atoms with Gasteiger partial charge in [0.25, 0.3) is 0 Å². The number of ether oxygens (including phenoxy) is 1. The summed E-state index contributed by atoms with van der Waals surface area (Å²) in [6.45, 7) is 0. The third-order valence-electron chi connectivity index (χ3n) is 3.51. The van der Waals surface area contributed by atoms with Gasteiger partial charge in [-0.25, -0.2) is 14.8 Å². The Kier molecular flexibility index (Phi) is 4.61. The number of benzene rings is 2. The number of anilines is 1. The van der Waals surface area contributed by atoms with Crippen molar-refractivity contribution in [2.75, 3.05) is 19.8 Å². The Morgan fingerprint density at radius 3 is 2.24 bits per heavy atom. The molecule has 2 N–H and O–H groups in total. The number of carbonyl (C=O) groups excluding carboxylic acids is 1. The zero-order valence-electron chi connectivity index (χ0n) is 14.0. The smallest absolute Gasteiger partial charge is 0.410 e. The van der Waals surface area contributed by atoms with E-state index in [0.717, 1.165) is 16.8 Å². The fourth-order valence-electron chi connectivity index (χ4n) is 2.28. The number of hydrogen-bond donors (Lipinski definition) is 1. The molecule has 6 nitrogen and oxygen atoms in total. The van der Waals surface area contributed by atoms with Crippen molar-refractivity contribution >= 4 is 12.0 Å². The summed E-state index contributed by atoms with van der Waals surface area (Å²) in [6, 6.07) is 18.7. The first-order valence-corrected chi connectivity index (χ1v) is 7.72. The number of carbonyl (C=O) groups is 1. The van der Waals surface area contributed by atoms with Crippen LogP contribution in [0.15, 0.2) is 60.7 Å². The molecule has 0 atom stereocenters. The van der Waals surface area contributed by atoms with Gasteiger partial charge in [-0.2, -0.15) is 0 Å². The largest absolute Gasteiger partial charge is 0.414 e. The molecular weight excluding hydrogens is 316 g/mol. The minimum Gasteiger partial charge on any atom is -0.410 e. The van der Waals surface area contributed by atoms with Crippen LogP contribution in [0.25, 0.3) is 22.5 Å². The molecule has 0 spiro atoms. The highest BCUT2D eigenvalue weighted by Gasteiger charge is 2.10. The van der Waals surface area contributed by atoms with Crippen molar-refractivity contribution in [2.24, 2.45) is 0 Å². The van der Waals surface area contributed by atoms with Crippen LogP contribution in [0.3, 0.4) is 0 Å². The summed E-state index contributed by atoms with van der Waals surface area (Å²) in [5.74, 6) is 0.627. The summed E-state index contributed by atoms with van der Waals surface area (Å²) in [4.78, 5) is 21.7. The van der Waals surface area contributed by atoms with Crippen molar-refractivity contribution in [1.82, 2.24) is 14.9 Å². The number of aromatic nitrogens is 2. The molecule has 0 aliphatic heterocycles. The minimum absolute atomic E-state index is 0.187. The molecule has 0 saturated carbocycles. The predicted octanol–water partition coefficient (Wildman–Crippen LogP) is 3.45. The van der Waals surface area contributed by atoms with E-state index in [1.807, 2.05) is 42.5 Å². The average Bonchev–Trinajstić information content (AvgIpc) is 2.62. The van der Waals surface area contributed by atoms with Crippen LogP contribution >= 0.6 is 0 Å². The maximum absolute atomic E-state index is 11.7. The Hall–Kier alpha value is -3.41. The molecular formula is C19H18N4O2. The quantitative estimate of drug-likeness (QED) is 0.793. The van der Waals surface area contributed by atoms with E-state index in [1.165, 1.54) is 4.90 Å². The van der Waals surface area contributed by atoms with Crippen LogP contribution in [0.5, 0.6) is 5.75 Å². The highest BCUT2D eigenvalue weighted by molar-refractivity contribution is 5.73. The number of amides is 1. The molecule has 0 unspecified atom stereocenters. The SMILES string of the molecule is CN(C)C(=O)Oc1cccc(-c2cc(-c3ccccc3)nc(N)n2)c1. The second kappa shape index (κ2) is 7.00. The van der Waals surface area contributed by atoms with Crippen LogP contribution in [0, 0.1) is 0 Å². The molecule has 2 aromatic carbocycles. The van der Waals surface area contributed by atoms with Crippen LogP contribution in [-0.4, -0.2) is 35.1 Å². The highest BCUT2D eigenvalue weighted by Crippen LogP contribution is 2.27. The fraction of sp³-hybridized carbons (Fsp3) is 0.105. The van der Waals surface area contributed by atoms with Crippen molar-refractivity contribution in [1.29, 1.82) is 0 Å². The van der Waals surface area contributed by atoms with Crippen molar-refractivity contribution in [3.8, 4) is 28.3 Å². The Morgan fingerprint density at radius 1 is 0.920 bits per heavy atom. The Labute approximate surface area is 145 Å². The van der Waals surface area contributed by atoms with Gasteiger partial charge in [-0.05, 0) is 18.2 Å². The lowest BCUT2D eigenvalue weighted by Gasteiger charge is -2.11. The molecule has 126 valence electrons. The third kappa shape index (κ3) is 3.92. The molecule has 3 rings (SSSR count). The van der Waals surface area contributed by atoms with E-state index in [1.54, 1.807) is 32.3 Å². The number of nitrogen functional groups attached to an aromatic ring is 1. The van der Waals surface area contributed by atoms with Gasteiger partial charge in [0.2, 0.25) is 5.95 Å². The second-order valence-corrected chi connectivity index (χ2v) is 5.65. The normalized spacial score (nSPS) is 10.3. The molecule has 1 amide bonds. The predicted molar refractivity (Wildman–Crippen MR) is 97.0 cm³/mol. The van der Waals surface area contributed by atoms with Gasteiger partial charge in [0.1, 0.15) is 5.75 Å². The molecule has 25 heavy (non-hydrogen) atoms. The third-order valence-corrected chi connectivity index (χ3v) is 3.51. The molecule has 6 heteroatoms. The lowest BCUT2D eigenvalue weighted by atomic mass is 10.1. The number of rotatable bonds is 3. The summed E-state index contributed by atoms with van der Waals surface area (Å²) in [6.07, 6.45) is -0.440. The van der Waals surface area contributed by atoms with Crippen LogP contribution < -0.4 is 10.5 Å². The number of nitrogens with two attached hydrogens (primary N) is 1. The van der Waals surface area contributed by atoms with E-state index < -0.39 is 6.09 Å². The van der Waals surface area contributed by atoms with Crippen LogP contribution in [-0.2, 0) is 0 Å². The molecule has 0 radical (unpaired) electrons. The summed E-state index contributed by atoms with van der Waals surface area (Å²) in [7, 11) is 3.26. The molecule has 1 aromatic heterocycles. The molecule has 3 aromatic rings. The maximum Gasteiger partial charge on any atom is 0.414 e. The maximum atomic E-state index is 11.7. The zero-order valence-corrected chi connectivity index (χ0v) is 14.0. The van der Waals surface area contributed by atoms with Crippen LogP contribution in [0.2, 0.25) is 0 Å². The second-order valence-electron chi connectivity index (χ2n) is 5.65. The lowest BCUT2D eigenvalue weighted by molar-refractivity contribution is 0.172. The first kappa shape index (κ1) is 16.4. The van der Waals surface area contributed by atoms with Gasteiger partial charge in [0.05, 0.1) is 11.4 Å². The van der Waals surface area contributed by atoms with E-state index in [-0.39, 0.29) is 5.95 Å². The van der Waals surface area contributed by atoms with E-state index in [9.17, 15) is 4.79 Å². The summed E-state index contributed by atoms with van der Waals surface area (Å²) in [5, 5.41) is 0. The van der Waals surface area contributed by atoms with Crippen LogP contribution in [0.1, 0.15) is 0 Å². The Balaban J connectivity index is 1.97. The fourth-order valence-corrected chi connectivity index (χ4v) is 2.28. The van der Waals surface area contributed by atoms with Crippen molar-refractivity contribution < 1.29 is 9.53 Å². The molecule has 0 saturated heterocycles. The van der Waals surface area contributed by atoms with E-state index in [0.29, 0.717) is 11.4 Å². The minimum atomic E-state index is -0.440. The zero-order chi connectivity index (χ0) is 17.8. The van der Waals surface area contributed by atoms with Gasteiger partial charge in [-0.3, -0.25) is 0 Å². The van der Waals surface area contributed by atoms with Gasteiger partial charge in [0, 0.05) is 25.2 Å². The van der Waals surface area contributed by atoms with Gasteiger partial charge >= 0.3 is 6.09 Å². The van der Waals surface area contributed by atoms with Crippen molar-refractivity contribution in [3.63, 3.8) is 0 Å². The van der Waals surface area contributed by atoms with E-state index in [2.05, 4.69) is 9.97 Å². The summed E-state index contributed by atoms with van der Waals surface area (Å²) >= 11 is 0. The van der Waals surface area contributed by atoms with Gasteiger partial charge in [-0.15, -0.1) is 0 Å². The monoisotopic (exact) mass is 334 g/mol. The first-order valence-electron chi connectivity index (χ1n) is 7.72. The van der Waals surface area contributed by atoms with Gasteiger partial charge in [-0.1, -0.05) is 42.5 Å². The van der Waals surface area contributed by atoms with Gasteiger partial charge < -0.3 is 15.4 Å². The Morgan fingerprint density at radius 2 is 1.56 bits per heavy atom. The Bertz CT molecular complexity index is 895. The topological polar surface area (TPSA) is 81.3 Å². The van der Waals surface area contributed by atoms with Gasteiger partial charge in [0.15, 0.2) is 0 Å². The van der Waals surface area contributed by atoms with Crippen LogP contribution in [0.4, 0.5) is 10.7 Å². The number of nitrogens with zero attached hydrogens (tertiary/aromatic N) is 3.